The van der Waals surface area contributed by atoms with Crippen LogP contribution in [0.2, 0.25) is 0 Å². The predicted octanol–water partition coefficient (Wildman–Crippen LogP) is 2.20. The first-order chi connectivity index (χ1) is 12.1. The standard InChI is InChI=1S/C18H23N5O2/c1-12(2)17-19-7-9-23(17)8-3-6-20-18(25)13-4-5-14-15(10-13)22-16(11-24)21-14/h4-5,7,9-10,12,24H,3,6,8,11H2,1-2H3,(H,20,25)(H,21,22). The SMILES string of the molecule is CC(C)c1nccn1CCCNC(=O)c1ccc2nc(CO)[nH]c2c1. The first kappa shape index (κ1) is 17.2. The zero-order chi connectivity index (χ0) is 17.8. The van der Waals surface area contributed by atoms with Gasteiger partial charge in [0.05, 0.1) is 11.0 Å². The summed E-state index contributed by atoms with van der Waals surface area (Å²) in [4.78, 5) is 23.9. The van der Waals surface area contributed by atoms with Crippen LogP contribution in [0.5, 0.6) is 0 Å². The van der Waals surface area contributed by atoms with Crippen molar-refractivity contribution in [2.75, 3.05) is 6.54 Å². The van der Waals surface area contributed by atoms with Gasteiger partial charge in [-0.1, -0.05) is 13.8 Å². The molecule has 0 spiro atoms. The summed E-state index contributed by atoms with van der Waals surface area (Å²) in [5, 5.41) is 12.1. The van der Waals surface area contributed by atoms with Crippen LogP contribution in [0, 0.1) is 0 Å². The molecular formula is C18H23N5O2. The Bertz CT molecular complexity index is 865. The summed E-state index contributed by atoms with van der Waals surface area (Å²) in [7, 11) is 0. The number of aliphatic hydroxyl groups is 1. The van der Waals surface area contributed by atoms with E-state index in [4.69, 9.17) is 5.11 Å². The lowest BCUT2D eigenvalue weighted by molar-refractivity contribution is 0.0953. The summed E-state index contributed by atoms with van der Waals surface area (Å²) >= 11 is 0. The second-order valence-corrected chi connectivity index (χ2v) is 6.32. The number of aryl methyl sites for hydroxylation is 1. The maximum atomic E-state index is 12.3. The number of benzene rings is 1. The van der Waals surface area contributed by atoms with Gasteiger partial charge in [-0.05, 0) is 24.6 Å². The van der Waals surface area contributed by atoms with E-state index in [1.807, 2.05) is 12.4 Å². The lowest BCUT2D eigenvalue weighted by Crippen LogP contribution is -2.25. The highest BCUT2D eigenvalue weighted by Crippen LogP contribution is 2.14. The Morgan fingerprint density at radius 3 is 3.00 bits per heavy atom. The zero-order valence-electron chi connectivity index (χ0n) is 14.5. The molecule has 0 unspecified atom stereocenters. The summed E-state index contributed by atoms with van der Waals surface area (Å²) in [6, 6.07) is 5.27. The third-order valence-electron chi connectivity index (χ3n) is 4.07. The van der Waals surface area contributed by atoms with Crippen molar-refractivity contribution in [1.29, 1.82) is 0 Å². The van der Waals surface area contributed by atoms with Gasteiger partial charge in [0.15, 0.2) is 0 Å². The van der Waals surface area contributed by atoms with E-state index in [-0.39, 0.29) is 12.5 Å². The van der Waals surface area contributed by atoms with Crippen molar-refractivity contribution < 1.29 is 9.90 Å². The molecule has 0 saturated heterocycles. The van der Waals surface area contributed by atoms with Gasteiger partial charge in [-0.3, -0.25) is 4.79 Å². The highest BCUT2D eigenvalue weighted by Gasteiger charge is 2.09. The number of aromatic nitrogens is 4. The minimum Gasteiger partial charge on any atom is -0.388 e. The maximum Gasteiger partial charge on any atom is 0.251 e. The summed E-state index contributed by atoms with van der Waals surface area (Å²) in [5.41, 5.74) is 2.06. The fourth-order valence-electron chi connectivity index (χ4n) is 2.84. The number of carbonyl (C=O) groups excluding carboxylic acids is 1. The Balaban J connectivity index is 1.54. The van der Waals surface area contributed by atoms with Crippen LogP contribution in [0.15, 0.2) is 30.6 Å². The molecule has 3 aromatic rings. The molecule has 0 aliphatic carbocycles. The molecular weight excluding hydrogens is 318 g/mol. The summed E-state index contributed by atoms with van der Waals surface area (Å²) in [6.07, 6.45) is 4.62. The monoisotopic (exact) mass is 341 g/mol. The normalized spacial score (nSPS) is 11.4. The molecule has 0 radical (unpaired) electrons. The van der Waals surface area contributed by atoms with Crippen LogP contribution in [0.4, 0.5) is 0 Å². The third-order valence-corrected chi connectivity index (χ3v) is 4.07. The van der Waals surface area contributed by atoms with Gasteiger partial charge in [0.25, 0.3) is 5.91 Å². The van der Waals surface area contributed by atoms with Crippen molar-refractivity contribution in [3.8, 4) is 0 Å². The number of nitrogens with zero attached hydrogens (tertiary/aromatic N) is 3. The zero-order valence-corrected chi connectivity index (χ0v) is 14.5. The number of H-pyrrole nitrogens is 1. The van der Waals surface area contributed by atoms with Gasteiger partial charge < -0.3 is 20.0 Å². The predicted molar refractivity (Wildman–Crippen MR) is 95.3 cm³/mol. The summed E-state index contributed by atoms with van der Waals surface area (Å²) < 4.78 is 2.13. The molecule has 0 atom stereocenters. The van der Waals surface area contributed by atoms with E-state index < -0.39 is 0 Å². The van der Waals surface area contributed by atoms with Gasteiger partial charge in [-0.25, -0.2) is 9.97 Å². The molecule has 0 fully saturated rings. The number of nitrogens with one attached hydrogen (secondary N) is 2. The molecule has 7 heteroatoms. The average molecular weight is 341 g/mol. The first-order valence-electron chi connectivity index (χ1n) is 8.47. The van der Waals surface area contributed by atoms with Crippen molar-refractivity contribution in [3.63, 3.8) is 0 Å². The minimum absolute atomic E-state index is 0.114. The molecule has 0 bridgehead atoms. The number of aliphatic hydroxyl groups excluding tert-OH is 1. The van der Waals surface area contributed by atoms with Gasteiger partial charge >= 0.3 is 0 Å². The second-order valence-electron chi connectivity index (χ2n) is 6.32. The van der Waals surface area contributed by atoms with E-state index >= 15 is 0 Å². The van der Waals surface area contributed by atoms with Crippen LogP contribution in [0.1, 0.15) is 48.2 Å². The van der Waals surface area contributed by atoms with Crippen molar-refractivity contribution in [2.45, 2.75) is 39.3 Å². The van der Waals surface area contributed by atoms with Crippen LogP contribution in [-0.2, 0) is 13.2 Å². The smallest absolute Gasteiger partial charge is 0.251 e. The molecule has 7 nitrogen and oxygen atoms in total. The fraction of sp³-hybridized carbons (Fsp3) is 0.389. The molecule has 132 valence electrons. The van der Waals surface area contributed by atoms with Crippen molar-refractivity contribution in [3.05, 3.63) is 47.8 Å². The number of imidazole rings is 2. The molecule has 25 heavy (non-hydrogen) atoms. The Morgan fingerprint density at radius 2 is 2.24 bits per heavy atom. The van der Waals surface area contributed by atoms with Crippen LogP contribution >= 0.6 is 0 Å². The van der Waals surface area contributed by atoms with Gasteiger partial charge in [-0.2, -0.15) is 0 Å². The van der Waals surface area contributed by atoms with Crippen molar-refractivity contribution >= 4 is 16.9 Å². The molecule has 1 amide bonds. The summed E-state index contributed by atoms with van der Waals surface area (Å²) in [6.45, 7) is 5.51. The number of fused-ring (bicyclic) bond motifs is 1. The van der Waals surface area contributed by atoms with Gasteiger partial charge in [0.2, 0.25) is 0 Å². The molecule has 0 aliphatic rings. The first-order valence-corrected chi connectivity index (χ1v) is 8.47. The van der Waals surface area contributed by atoms with Gasteiger partial charge in [-0.15, -0.1) is 0 Å². The Hall–Kier alpha value is -2.67. The molecule has 3 rings (SSSR count). The van der Waals surface area contributed by atoms with Gasteiger partial charge in [0, 0.05) is 37.0 Å². The van der Waals surface area contributed by atoms with Crippen LogP contribution in [-0.4, -0.2) is 37.1 Å². The topological polar surface area (TPSA) is 95.8 Å². The second kappa shape index (κ2) is 7.48. The van der Waals surface area contributed by atoms with Crippen LogP contribution in [0.25, 0.3) is 11.0 Å². The molecule has 2 heterocycles. The number of hydrogen-bond acceptors (Lipinski definition) is 4. The molecule has 1 aromatic carbocycles. The van der Waals surface area contributed by atoms with E-state index in [1.54, 1.807) is 18.2 Å². The molecule has 0 saturated carbocycles. The average Bonchev–Trinajstić information content (AvgIpc) is 3.23. The number of rotatable bonds is 7. The van der Waals surface area contributed by atoms with E-state index in [0.29, 0.717) is 23.9 Å². The molecule has 2 aromatic heterocycles. The van der Waals surface area contributed by atoms with E-state index in [1.165, 1.54) is 0 Å². The minimum atomic E-state index is -0.150. The highest BCUT2D eigenvalue weighted by molar-refractivity contribution is 5.97. The lowest BCUT2D eigenvalue weighted by atomic mass is 10.2. The van der Waals surface area contributed by atoms with E-state index in [0.717, 1.165) is 29.8 Å². The van der Waals surface area contributed by atoms with Crippen LogP contribution < -0.4 is 5.32 Å². The Morgan fingerprint density at radius 1 is 1.40 bits per heavy atom. The fourth-order valence-corrected chi connectivity index (χ4v) is 2.84. The number of aromatic amines is 1. The van der Waals surface area contributed by atoms with Crippen molar-refractivity contribution in [1.82, 2.24) is 24.8 Å². The maximum absolute atomic E-state index is 12.3. The number of amides is 1. The number of hydrogen-bond donors (Lipinski definition) is 3. The largest absolute Gasteiger partial charge is 0.388 e. The molecule has 3 N–H and O–H groups in total. The van der Waals surface area contributed by atoms with E-state index in [9.17, 15) is 4.79 Å². The lowest BCUT2D eigenvalue weighted by Gasteiger charge is -2.10. The third kappa shape index (κ3) is 3.88. The summed E-state index contributed by atoms with van der Waals surface area (Å²) in [5.74, 6) is 1.83. The van der Waals surface area contributed by atoms with Crippen LogP contribution in [0.3, 0.4) is 0 Å². The Kier molecular flexibility index (Phi) is 5.14. The quantitative estimate of drug-likeness (QED) is 0.574. The number of carbonyl (C=O) groups is 1. The van der Waals surface area contributed by atoms with Crippen molar-refractivity contribution in [2.24, 2.45) is 0 Å². The molecule has 0 aliphatic heterocycles. The Labute approximate surface area is 146 Å². The highest BCUT2D eigenvalue weighted by atomic mass is 16.3. The van der Waals surface area contributed by atoms with E-state index in [2.05, 4.69) is 38.7 Å². The van der Waals surface area contributed by atoms with Gasteiger partial charge in [0.1, 0.15) is 18.3 Å².